The van der Waals surface area contributed by atoms with Crippen LogP contribution in [0.2, 0.25) is 0 Å². The van der Waals surface area contributed by atoms with Crippen LogP contribution in [0.3, 0.4) is 0 Å². The third kappa shape index (κ3) is 2.54. The van der Waals surface area contributed by atoms with Crippen LogP contribution < -0.4 is 10.5 Å². The van der Waals surface area contributed by atoms with Gasteiger partial charge in [-0.25, -0.2) is 8.42 Å². The highest BCUT2D eigenvalue weighted by molar-refractivity contribution is 7.93. The summed E-state index contributed by atoms with van der Waals surface area (Å²) >= 11 is 0.981. The van der Waals surface area contributed by atoms with Crippen molar-refractivity contribution in [3.8, 4) is 0 Å². The molecule has 1 aromatic carbocycles. The number of sulfonamides is 1. The number of aryl methyl sites for hydroxylation is 2. The van der Waals surface area contributed by atoms with Gasteiger partial charge in [0.25, 0.3) is 10.0 Å². The molecule has 0 saturated carbocycles. The molecule has 0 spiro atoms. The first kappa shape index (κ1) is 13.8. The maximum Gasteiger partial charge on any atom is 0.263 e. The van der Waals surface area contributed by atoms with Gasteiger partial charge in [0.2, 0.25) is 0 Å². The van der Waals surface area contributed by atoms with E-state index in [1.165, 1.54) is 6.20 Å². The minimum atomic E-state index is -3.68. The van der Waals surface area contributed by atoms with E-state index in [1.807, 2.05) is 6.92 Å². The van der Waals surface area contributed by atoms with Crippen molar-refractivity contribution in [2.75, 3.05) is 10.5 Å². The number of nitrogen functional groups attached to an aromatic ring is 1. The van der Waals surface area contributed by atoms with Gasteiger partial charge in [0.15, 0.2) is 0 Å². The van der Waals surface area contributed by atoms with Gasteiger partial charge in [0.05, 0.1) is 11.1 Å². The molecule has 2 aromatic rings. The third-order valence-electron chi connectivity index (χ3n) is 2.83. The number of hydrogen-bond acceptors (Lipinski definition) is 6. The zero-order valence-corrected chi connectivity index (χ0v) is 12.4. The Morgan fingerprint density at radius 1 is 1.26 bits per heavy atom. The molecule has 0 aliphatic heterocycles. The maximum atomic E-state index is 12.4. The Morgan fingerprint density at radius 2 is 1.95 bits per heavy atom. The lowest BCUT2D eigenvalue weighted by Gasteiger charge is -2.15. The van der Waals surface area contributed by atoms with Crippen molar-refractivity contribution in [3.63, 3.8) is 0 Å². The first-order valence-corrected chi connectivity index (χ1v) is 7.75. The van der Waals surface area contributed by atoms with Gasteiger partial charge in [0.1, 0.15) is 5.00 Å². The number of nitrogens with one attached hydrogen (secondary N) is 1. The molecule has 0 fully saturated rings. The summed E-state index contributed by atoms with van der Waals surface area (Å²) in [6.07, 6.45) is 1.37. The van der Waals surface area contributed by atoms with Crippen LogP contribution >= 0.6 is 11.5 Å². The van der Waals surface area contributed by atoms with E-state index in [2.05, 4.69) is 14.3 Å². The number of anilines is 2. The fourth-order valence-corrected chi connectivity index (χ4v) is 4.16. The van der Waals surface area contributed by atoms with Crippen LogP contribution in [-0.2, 0) is 10.0 Å². The Hall–Kier alpha value is -1.67. The molecule has 0 aliphatic rings. The van der Waals surface area contributed by atoms with Gasteiger partial charge in [-0.3, -0.25) is 4.72 Å². The van der Waals surface area contributed by atoms with E-state index in [1.54, 1.807) is 19.9 Å². The Balaban J connectivity index is 2.55. The van der Waals surface area contributed by atoms with E-state index in [4.69, 9.17) is 5.73 Å². The summed E-state index contributed by atoms with van der Waals surface area (Å²) in [5.74, 6) is 0. The highest BCUT2D eigenvalue weighted by Crippen LogP contribution is 2.29. The quantitative estimate of drug-likeness (QED) is 0.843. The van der Waals surface area contributed by atoms with Gasteiger partial charge in [0, 0.05) is 17.2 Å². The van der Waals surface area contributed by atoms with E-state index in [0.717, 1.165) is 17.1 Å². The number of benzene rings is 1. The van der Waals surface area contributed by atoms with Gasteiger partial charge in [-0.2, -0.15) is 0 Å². The Kier molecular flexibility index (Phi) is 3.46. The second-order valence-electron chi connectivity index (χ2n) is 4.27. The second kappa shape index (κ2) is 4.78. The summed E-state index contributed by atoms with van der Waals surface area (Å²) in [4.78, 5) is 0.212. The van der Waals surface area contributed by atoms with E-state index in [0.29, 0.717) is 21.8 Å². The molecule has 1 heterocycles. The van der Waals surface area contributed by atoms with Gasteiger partial charge in [-0.1, -0.05) is 10.6 Å². The highest BCUT2D eigenvalue weighted by atomic mass is 32.2. The molecule has 0 atom stereocenters. The Bertz CT molecular complexity index is 709. The summed E-state index contributed by atoms with van der Waals surface area (Å²) in [6, 6.07) is 1.77. The van der Waals surface area contributed by atoms with Crippen molar-refractivity contribution in [1.82, 2.24) is 9.59 Å². The topological polar surface area (TPSA) is 98.0 Å². The molecular weight excluding hydrogens is 284 g/mol. The lowest BCUT2D eigenvalue weighted by molar-refractivity contribution is 0.600. The molecule has 0 amide bonds. The SMILES string of the molecule is Cc1cc(C)c(S(=O)(=O)Nc2cnns2)c(C)c1N. The molecule has 19 heavy (non-hydrogen) atoms. The summed E-state index contributed by atoms with van der Waals surface area (Å²) in [5, 5.41) is 3.97. The fraction of sp³-hybridized carbons (Fsp3) is 0.273. The van der Waals surface area contributed by atoms with E-state index in [9.17, 15) is 8.42 Å². The van der Waals surface area contributed by atoms with Crippen LogP contribution in [0, 0.1) is 20.8 Å². The molecular formula is C11H14N4O2S2. The van der Waals surface area contributed by atoms with Gasteiger partial charge >= 0.3 is 0 Å². The lowest BCUT2D eigenvalue weighted by Crippen LogP contribution is -2.16. The normalized spacial score (nSPS) is 11.5. The summed E-state index contributed by atoms with van der Waals surface area (Å²) < 4.78 is 30.8. The predicted molar refractivity (Wildman–Crippen MR) is 75.8 cm³/mol. The first-order valence-electron chi connectivity index (χ1n) is 5.49. The van der Waals surface area contributed by atoms with Crippen molar-refractivity contribution >= 4 is 32.2 Å². The molecule has 0 bridgehead atoms. The molecule has 102 valence electrons. The van der Waals surface area contributed by atoms with Crippen molar-refractivity contribution in [2.24, 2.45) is 0 Å². The number of hydrogen-bond donors (Lipinski definition) is 2. The second-order valence-corrected chi connectivity index (χ2v) is 6.67. The Labute approximate surface area is 115 Å². The van der Waals surface area contributed by atoms with Gasteiger partial charge < -0.3 is 5.73 Å². The number of rotatable bonds is 3. The largest absolute Gasteiger partial charge is 0.398 e. The van der Waals surface area contributed by atoms with Crippen LogP contribution in [0.25, 0.3) is 0 Å². The molecule has 1 aromatic heterocycles. The maximum absolute atomic E-state index is 12.4. The van der Waals surface area contributed by atoms with Crippen molar-refractivity contribution < 1.29 is 8.42 Å². The van der Waals surface area contributed by atoms with E-state index in [-0.39, 0.29) is 4.90 Å². The summed E-state index contributed by atoms with van der Waals surface area (Å²) in [5.41, 5.74) is 8.49. The number of nitrogens with zero attached hydrogens (tertiary/aromatic N) is 2. The molecule has 0 saturated heterocycles. The average molecular weight is 298 g/mol. The minimum Gasteiger partial charge on any atom is -0.398 e. The minimum absolute atomic E-state index is 0.212. The number of aromatic nitrogens is 2. The zero-order valence-electron chi connectivity index (χ0n) is 10.8. The molecule has 3 N–H and O–H groups in total. The highest BCUT2D eigenvalue weighted by Gasteiger charge is 2.22. The molecule has 0 aliphatic carbocycles. The molecule has 2 rings (SSSR count). The fourth-order valence-electron chi connectivity index (χ4n) is 1.99. The monoisotopic (exact) mass is 298 g/mol. The third-order valence-corrected chi connectivity index (χ3v) is 5.19. The van der Waals surface area contributed by atoms with Crippen LogP contribution in [0.15, 0.2) is 17.2 Å². The predicted octanol–water partition coefficient (Wildman–Crippen LogP) is 1.85. The summed E-state index contributed by atoms with van der Waals surface area (Å²) in [7, 11) is -3.68. The van der Waals surface area contributed by atoms with Crippen LogP contribution in [0.5, 0.6) is 0 Å². The van der Waals surface area contributed by atoms with Crippen molar-refractivity contribution in [3.05, 3.63) is 29.0 Å². The summed E-state index contributed by atoms with van der Waals surface area (Å²) in [6.45, 7) is 5.31. The van der Waals surface area contributed by atoms with Crippen molar-refractivity contribution in [1.29, 1.82) is 0 Å². The van der Waals surface area contributed by atoms with E-state index < -0.39 is 10.0 Å². The molecule has 0 unspecified atom stereocenters. The number of nitrogens with two attached hydrogens (primary N) is 1. The standard InChI is InChI=1S/C11H14N4O2S2/c1-6-4-7(2)11(8(3)10(6)12)19(16,17)14-9-5-13-15-18-9/h4-5,14H,12H2,1-3H3. The molecule has 8 heteroatoms. The average Bonchev–Trinajstić information content (AvgIpc) is 2.77. The van der Waals surface area contributed by atoms with Gasteiger partial charge in [-0.15, -0.1) is 5.10 Å². The van der Waals surface area contributed by atoms with E-state index >= 15 is 0 Å². The lowest BCUT2D eigenvalue weighted by atomic mass is 10.1. The first-order chi connectivity index (χ1) is 8.83. The van der Waals surface area contributed by atoms with Crippen LogP contribution in [0.4, 0.5) is 10.7 Å². The molecule has 0 radical (unpaired) electrons. The zero-order chi connectivity index (χ0) is 14.2. The smallest absolute Gasteiger partial charge is 0.263 e. The van der Waals surface area contributed by atoms with Gasteiger partial charge in [-0.05, 0) is 37.5 Å². The van der Waals surface area contributed by atoms with Crippen LogP contribution in [0.1, 0.15) is 16.7 Å². The Morgan fingerprint density at radius 3 is 2.53 bits per heavy atom. The molecule has 6 nitrogen and oxygen atoms in total. The van der Waals surface area contributed by atoms with Crippen LogP contribution in [-0.4, -0.2) is 18.0 Å². The van der Waals surface area contributed by atoms with Crippen molar-refractivity contribution in [2.45, 2.75) is 25.7 Å².